The Hall–Kier alpha value is 1.15. The van der Waals surface area contributed by atoms with Gasteiger partial charge in [-0.15, -0.1) is 0 Å². The fourth-order valence-electron chi connectivity index (χ4n) is 0.204. The first kappa shape index (κ1) is 10.2. The van der Waals surface area contributed by atoms with Crippen molar-refractivity contribution in [2.75, 3.05) is 11.5 Å². The molecule has 0 fully saturated rings. The van der Waals surface area contributed by atoms with Gasteiger partial charge < -0.3 is 0 Å². The van der Waals surface area contributed by atoms with E-state index in [0.29, 0.717) is 0 Å². The molecular weight excluding hydrogens is 199 g/mol. The first-order chi connectivity index (χ1) is 2.41. The molecule has 0 N–H and O–H groups in total. The molecule has 0 unspecified atom stereocenters. The predicted octanol–water partition coefficient (Wildman–Crippen LogP) is 0.843. The van der Waals surface area contributed by atoms with Crippen LogP contribution in [0, 0.1) is 0 Å². The Morgan fingerprint density at radius 2 is 1.50 bits per heavy atom. The van der Waals surface area contributed by atoms with Gasteiger partial charge in [-0.1, -0.05) is 13.8 Å². The Balaban J connectivity index is 0. The van der Waals surface area contributed by atoms with Crippen LogP contribution in [-0.2, 0) is 0 Å². The van der Waals surface area contributed by atoms with Crippen LogP contribution in [-0.4, -0.2) is 35.4 Å². The molecular formula is C4H12SSn. The third-order valence-corrected chi connectivity index (χ3v) is 1.22. The molecule has 0 aliphatic carbocycles. The summed E-state index contributed by atoms with van der Waals surface area (Å²) in [5, 5.41) is 0. The van der Waals surface area contributed by atoms with Gasteiger partial charge in [0.25, 0.3) is 0 Å². The molecule has 0 aliphatic rings. The fraction of sp³-hybridized carbons (Fsp3) is 1.00. The number of hydrogen-bond donors (Lipinski definition) is 0. The molecule has 0 aliphatic heterocycles. The van der Waals surface area contributed by atoms with Crippen LogP contribution in [0.1, 0.15) is 13.8 Å². The van der Waals surface area contributed by atoms with Crippen LogP contribution in [0.5, 0.6) is 0 Å². The molecule has 0 amide bonds. The molecule has 0 atom stereocenters. The molecule has 0 aromatic heterocycles. The second kappa shape index (κ2) is 9.47. The van der Waals surface area contributed by atoms with Gasteiger partial charge in [0.15, 0.2) is 0 Å². The van der Waals surface area contributed by atoms with Crippen LogP contribution in [0.4, 0.5) is 0 Å². The Kier molecular flexibility index (Phi) is 16.1. The molecule has 38 valence electrons. The molecule has 2 heteroatoms. The summed E-state index contributed by atoms with van der Waals surface area (Å²) in [6.45, 7) is 4.35. The summed E-state index contributed by atoms with van der Waals surface area (Å²) in [5.74, 6) is 2.52. The van der Waals surface area contributed by atoms with Crippen molar-refractivity contribution in [2.45, 2.75) is 13.8 Å². The van der Waals surface area contributed by atoms with Gasteiger partial charge in [-0.25, -0.2) is 0 Å². The van der Waals surface area contributed by atoms with E-state index in [4.69, 9.17) is 0 Å². The third kappa shape index (κ3) is 8.94. The van der Waals surface area contributed by atoms with Gasteiger partial charge in [-0.05, 0) is 11.5 Å². The molecule has 2 radical (unpaired) electrons. The van der Waals surface area contributed by atoms with Gasteiger partial charge in [-0.2, -0.15) is 11.8 Å². The normalized spacial score (nSPS) is 7.00. The zero-order valence-electron chi connectivity index (χ0n) is 4.53. The Morgan fingerprint density at radius 3 is 1.50 bits per heavy atom. The van der Waals surface area contributed by atoms with E-state index in [1.54, 1.807) is 0 Å². The Morgan fingerprint density at radius 1 is 1.17 bits per heavy atom. The van der Waals surface area contributed by atoms with Gasteiger partial charge in [0.05, 0.1) is 0 Å². The third-order valence-electron chi connectivity index (χ3n) is 0.408. The first-order valence-corrected chi connectivity index (χ1v) is 3.15. The quantitative estimate of drug-likeness (QED) is 0.610. The average Bonchev–Trinajstić information content (AvgIpc) is 1.41. The van der Waals surface area contributed by atoms with Crippen molar-refractivity contribution in [1.29, 1.82) is 0 Å². The van der Waals surface area contributed by atoms with E-state index in [0.717, 1.165) is 0 Å². The van der Waals surface area contributed by atoms with Crippen molar-refractivity contribution in [3.63, 3.8) is 0 Å². The zero-order valence-corrected chi connectivity index (χ0v) is 9.38. The van der Waals surface area contributed by atoms with E-state index < -0.39 is 0 Å². The number of rotatable bonds is 2. The monoisotopic (exact) mass is 212 g/mol. The molecule has 0 spiro atoms. The summed E-state index contributed by atoms with van der Waals surface area (Å²) >= 11 is 1.96. The van der Waals surface area contributed by atoms with Crippen LogP contribution < -0.4 is 0 Å². The SMILES string of the molecule is CCSCC.[SnH2]. The van der Waals surface area contributed by atoms with Crippen molar-refractivity contribution in [2.24, 2.45) is 0 Å². The summed E-state index contributed by atoms with van der Waals surface area (Å²) in [6, 6.07) is 0. The molecule has 0 saturated carbocycles. The van der Waals surface area contributed by atoms with Gasteiger partial charge in [-0.3, -0.25) is 0 Å². The maximum absolute atomic E-state index is 2.17. The van der Waals surface area contributed by atoms with E-state index >= 15 is 0 Å². The van der Waals surface area contributed by atoms with Gasteiger partial charge >= 0.3 is 23.9 Å². The summed E-state index contributed by atoms with van der Waals surface area (Å²) < 4.78 is 0. The van der Waals surface area contributed by atoms with E-state index in [9.17, 15) is 0 Å². The molecule has 0 bridgehead atoms. The van der Waals surface area contributed by atoms with Crippen molar-refractivity contribution >= 4 is 35.7 Å². The summed E-state index contributed by atoms with van der Waals surface area (Å²) in [6.07, 6.45) is 0. The molecule has 0 rings (SSSR count). The minimum atomic E-state index is 0. The van der Waals surface area contributed by atoms with Gasteiger partial charge in [0, 0.05) is 0 Å². The predicted molar refractivity (Wildman–Crippen MR) is 37.2 cm³/mol. The second-order valence-electron chi connectivity index (χ2n) is 0.781. The Labute approximate surface area is 61.0 Å². The molecule has 0 aromatic rings. The van der Waals surface area contributed by atoms with E-state index in [1.807, 2.05) is 11.8 Å². The molecule has 0 aromatic carbocycles. The van der Waals surface area contributed by atoms with Crippen LogP contribution in [0.15, 0.2) is 0 Å². The standard InChI is InChI=1S/C4H10S.Sn.2H/c1-3-5-4-2;;;/h3-4H2,1-2H3;;;. The van der Waals surface area contributed by atoms with E-state index in [1.165, 1.54) is 11.5 Å². The number of hydrogen-bond acceptors (Lipinski definition) is 1. The zero-order chi connectivity index (χ0) is 4.12. The summed E-state index contributed by atoms with van der Waals surface area (Å²) in [7, 11) is 0. The van der Waals surface area contributed by atoms with Crippen molar-refractivity contribution in [3.8, 4) is 0 Å². The summed E-state index contributed by atoms with van der Waals surface area (Å²) in [5.41, 5.74) is 0. The molecule has 0 nitrogen and oxygen atoms in total. The van der Waals surface area contributed by atoms with E-state index in [2.05, 4.69) is 13.8 Å². The van der Waals surface area contributed by atoms with Gasteiger partial charge in [0.2, 0.25) is 0 Å². The van der Waals surface area contributed by atoms with Gasteiger partial charge in [0.1, 0.15) is 0 Å². The fourth-order valence-corrected chi connectivity index (χ4v) is 0.612. The summed E-state index contributed by atoms with van der Waals surface area (Å²) in [4.78, 5) is 0. The first-order valence-electron chi connectivity index (χ1n) is 1.99. The van der Waals surface area contributed by atoms with Crippen molar-refractivity contribution in [3.05, 3.63) is 0 Å². The van der Waals surface area contributed by atoms with Crippen LogP contribution in [0.2, 0.25) is 0 Å². The van der Waals surface area contributed by atoms with Crippen LogP contribution in [0.25, 0.3) is 0 Å². The Bertz CT molecular complexity index is 15.0. The topological polar surface area (TPSA) is 0 Å². The van der Waals surface area contributed by atoms with Crippen LogP contribution >= 0.6 is 11.8 Å². The van der Waals surface area contributed by atoms with Crippen molar-refractivity contribution < 1.29 is 0 Å². The van der Waals surface area contributed by atoms with Crippen LogP contribution in [0.3, 0.4) is 0 Å². The minimum absolute atomic E-state index is 0. The van der Waals surface area contributed by atoms with Crippen molar-refractivity contribution in [1.82, 2.24) is 0 Å². The number of thioether (sulfide) groups is 1. The van der Waals surface area contributed by atoms with E-state index in [-0.39, 0.29) is 23.9 Å². The maximum atomic E-state index is 2.17. The molecule has 6 heavy (non-hydrogen) atoms. The second-order valence-corrected chi connectivity index (χ2v) is 2.34. The average molecular weight is 211 g/mol. The molecule has 0 saturated heterocycles. The molecule has 0 heterocycles.